The van der Waals surface area contributed by atoms with Crippen molar-refractivity contribution in [1.29, 1.82) is 0 Å². The second-order valence-corrected chi connectivity index (χ2v) is 5.04. The molecule has 5 heteroatoms. The number of rotatable bonds is 4. The second kappa shape index (κ2) is 5.51. The summed E-state index contributed by atoms with van der Waals surface area (Å²) in [5.74, 6) is 0. The van der Waals surface area contributed by atoms with Gasteiger partial charge in [0.25, 0.3) is 0 Å². The maximum atomic E-state index is 12.6. The molecule has 1 fully saturated rings. The van der Waals surface area contributed by atoms with E-state index in [9.17, 15) is 13.2 Å². The predicted octanol–water partition coefficient (Wildman–Crippen LogP) is 3.53. The van der Waals surface area contributed by atoms with E-state index in [4.69, 9.17) is 4.74 Å². The van der Waals surface area contributed by atoms with Crippen molar-refractivity contribution in [2.24, 2.45) is 0 Å². The number of alkyl halides is 3. The molecule has 0 radical (unpaired) electrons. The Labute approximate surface area is 111 Å². The first kappa shape index (κ1) is 14.3. The highest BCUT2D eigenvalue weighted by atomic mass is 19.4. The van der Waals surface area contributed by atoms with Gasteiger partial charge in [-0.15, -0.1) is 0 Å². The van der Waals surface area contributed by atoms with Gasteiger partial charge in [0.05, 0.1) is 11.7 Å². The molecule has 0 aliphatic heterocycles. The predicted molar refractivity (Wildman–Crippen MR) is 66.8 cm³/mol. The fourth-order valence-electron chi connectivity index (χ4n) is 2.33. The van der Waals surface area contributed by atoms with E-state index in [1.165, 1.54) is 12.1 Å². The van der Waals surface area contributed by atoms with E-state index in [0.29, 0.717) is 11.6 Å². The Morgan fingerprint density at radius 2 is 2.00 bits per heavy atom. The molecule has 0 heterocycles. The Balaban J connectivity index is 1.98. The van der Waals surface area contributed by atoms with E-state index < -0.39 is 11.7 Å². The van der Waals surface area contributed by atoms with Crippen molar-refractivity contribution in [2.45, 2.75) is 44.1 Å². The molecule has 1 aliphatic rings. The van der Waals surface area contributed by atoms with Crippen molar-refractivity contribution in [1.82, 2.24) is 5.32 Å². The summed E-state index contributed by atoms with van der Waals surface area (Å²) in [6, 6.07) is 5.72. The van der Waals surface area contributed by atoms with Crippen LogP contribution in [0.2, 0.25) is 0 Å². The minimum Gasteiger partial charge on any atom is -0.381 e. The normalized spacial score (nSPS) is 24.9. The van der Waals surface area contributed by atoms with Crippen LogP contribution >= 0.6 is 0 Å². The Morgan fingerprint density at radius 1 is 1.32 bits per heavy atom. The van der Waals surface area contributed by atoms with Crippen molar-refractivity contribution >= 4 is 0 Å². The molecule has 1 unspecified atom stereocenters. The largest absolute Gasteiger partial charge is 0.416 e. The monoisotopic (exact) mass is 273 g/mol. The van der Waals surface area contributed by atoms with Gasteiger partial charge in [-0.1, -0.05) is 12.1 Å². The topological polar surface area (TPSA) is 21.3 Å². The number of benzene rings is 1. The summed E-state index contributed by atoms with van der Waals surface area (Å²) in [5, 5.41) is 3.33. The molecule has 1 aromatic rings. The van der Waals surface area contributed by atoms with Gasteiger partial charge < -0.3 is 10.1 Å². The highest BCUT2D eigenvalue weighted by molar-refractivity contribution is 5.27. The van der Waals surface area contributed by atoms with E-state index >= 15 is 0 Å². The summed E-state index contributed by atoms with van der Waals surface area (Å²) in [5.41, 5.74) is 0.0673. The van der Waals surface area contributed by atoms with E-state index in [2.05, 4.69) is 5.32 Å². The summed E-state index contributed by atoms with van der Waals surface area (Å²) < 4.78 is 43.1. The molecule has 2 rings (SSSR count). The number of methoxy groups -OCH3 is 1. The lowest BCUT2D eigenvalue weighted by molar-refractivity contribution is -0.137. The third kappa shape index (κ3) is 3.48. The first-order valence-corrected chi connectivity index (χ1v) is 6.36. The van der Waals surface area contributed by atoms with E-state index in [-0.39, 0.29) is 12.1 Å². The average molecular weight is 273 g/mol. The maximum absolute atomic E-state index is 12.6. The molecule has 1 N–H and O–H groups in total. The van der Waals surface area contributed by atoms with Gasteiger partial charge in [-0.3, -0.25) is 0 Å². The molecular formula is C14H18F3NO. The van der Waals surface area contributed by atoms with E-state index in [0.717, 1.165) is 18.9 Å². The maximum Gasteiger partial charge on any atom is 0.416 e. The number of halogens is 3. The average Bonchev–Trinajstić information content (AvgIpc) is 2.32. The molecule has 0 aromatic heterocycles. The zero-order valence-corrected chi connectivity index (χ0v) is 11.0. The summed E-state index contributed by atoms with van der Waals surface area (Å²) in [6.07, 6.45) is -2.17. The Bertz CT molecular complexity index is 427. The van der Waals surface area contributed by atoms with Gasteiger partial charge in [-0.05, 0) is 37.5 Å². The number of nitrogens with one attached hydrogen (secondary N) is 1. The quantitative estimate of drug-likeness (QED) is 0.906. The zero-order chi connectivity index (χ0) is 14.0. The third-order valence-electron chi connectivity index (χ3n) is 3.63. The standard InChI is InChI=1S/C14H18F3NO/c1-9(18-12-7-13(8-12)19-2)10-4-3-5-11(6-10)14(15,16)17/h3-6,9,12-13,18H,7-8H2,1-2H3. The molecule has 0 spiro atoms. The molecule has 1 saturated carbocycles. The van der Waals surface area contributed by atoms with Crippen molar-refractivity contribution in [2.75, 3.05) is 7.11 Å². The minimum absolute atomic E-state index is 0.0925. The minimum atomic E-state index is -4.28. The van der Waals surface area contributed by atoms with Crippen molar-refractivity contribution < 1.29 is 17.9 Å². The van der Waals surface area contributed by atoms with E-state index in [1.807, 2.05) is 6.92 Å². The van der Waals surface area contributed by atoms with Gasteiger partial charge in [0.1, 0.15) is 0 Å². The highest BCUT2D eigenvalue weighted by Gasteiger charge is 2.32. The molecule has 106 valence electrons. The van der Waals surface area contributed by atoms with Crippen LogP contribution in [0.25, 0.3) is 0 Å². The molecule has 1 aromatic carbocycles. The summed E-state index contributed by atoms with van der Waals surface area (Å²) in [4.78, 5) is 0. The van der Waals surface area contributed by atoms with E-state index in [1.54, 1.807) is 13.2 Å². The third-order valence-corrected chi connectivity index (χ3v) is 3.63. The lowest BCUT2D eigenvalue weighted by Crippen LogP contribution is -2.45. The van der Waals surface area contributed by atoms with Crippen LogP contribution in [0.15, 0.2) is 24.3 Å². The zero-order valence-electron chi connectivity index (χ0n) is 11.0. The van der Waals surface area contributed by atoms with Crippen LogP contribution in [-0.2, 0) is 10.9 Å². The van der Waals surface area contributed by atoms with Crippen molar-refractivity contribution in [3.05, 3.63) is 35.4 Å². The van der Waals surface area contributed by atoms with Crippen LogP contribution in [0, 0.1) is 0 Å². The molecule has 0 saturated heterocycles. The van der Waals surface area contributed by atoms with Crippen LogP contribution in [0.1, 0.15) is 36.9 Å². The lowest BCUT2D eigenvalue weighted by Gasteiger charge is -2.36. The first-order chi connectivity index (χ1) is 8.90. The molecule has 1 atom stereocenters. The molecule has 1 aliphatic carbocycles. The molecule has 19 heavy (non-hydrogen) atoms. The number of hydrogen-bond acceptors (Lipinski definition) is 2. The molecule has 0 amide bonds. The van der Waals surface area contributed by atoms with Crippen LogP contribution in [-0.4, -0.2) is 19.3 Å². The van der Waals surface area contributed by atoms with Crippen LogP contribution in [0.4, 0.5) is 13.2 Å². The SMILES string of the molecule is COC1CC(NC(C)c2cccc(C(F)(F)F)c2)C1. The van der Waals surface area contributed by atoms with Crippen LogP contribution < -0.4 is 5.32 Å². The van der Waals surface area contributed by atoms with Gasteiger partial charge in [-0.25, -0.2) is 0 Å². The van der Waals surface area contributed by atoms with Crippen molar-refractivity contribution in [3.63, 3.8) is 0 Å². The van der Waals surface area contributed by atoms with Gasteiger partial charge in [-0.2, -0.15) is 13.2 Å². The van der Waals surface area contributed by atoms with Crippen LogP contribution in [0.3, 0.4) is 0 Å². The fourth-order valence-corrected chi connectivity index (χ4v) is 2.33. The molecular weight excluding hydrogens is 255 g/mol. The van der Waals surface area contributed by atoms with Gasteiger partial charge in [0.15, 0.2) is 0 Å². The Hall–Kier alpha value is -1.07. The molecule has 2 nitrogen and oxygen atoms in total. The number of ether oxygens (including phenoxy) is 1. The lowest BCUT2D eigenvalue weighted by atomic mass is 9.88. The van der Waals surface area contributed by atoms with Gasteiger partial charge >= 0.3 is 6.18 Å². The smallest absolute Gasteiger partial charge is 0.381 e. The fraction of sp³-hybridized carbons (Fsp3) is 0.571. The van der Waals surface area contributed by atoms with Crippen LogP contribution in [0.5, 0.6) is 0 Å². The summed E-state index contributed by atoms with van der Waals surface area (Å²) in [7, 11) is 1.68. The summed E-state index contributed by atoms with van der Waals surface area (Å²) >= 11 is 0. The van der Waals surface area contributed by atoms with Crippen molar-refractivity contribution in [3.8, 4) is 0 Å². The summed E-state index contributed by atoms with van der Waals surface area (Å²) in [6.45, 7) is 1.88. The second-order valence-electron chi connectivity index (χ2n) is 5.04. The van der Waals surface area contributed by atoms with Gasteiger partial charge in [0.2, 0.25) is 0 Å². The highest BCUT2D eigenvalue weighted by Crippen LogP contribution is 2.31. The Morgan fingerprint density at radius 3 is 2.58 bits per heavy atom. The van der Waals surface area contributed by atoms with Gasteiger partial charge in [0, 0.05) is 19.2 Å². The number of hydrogen-bond donors (Lipinski definition) is 1. The first-order valence-electron chi connectivity index (χ1n) is 6.36. The Kier molecular flexibility index (Phi) is 4.16. The molecule has 0 bridgehead atoms.